The van der Waals surface area contributed by atoms with Crippen molar-refractivity contribution >= 4 is 0 Å². The number of hydrogen-bond acceptors (Lipinski definition) is 1. The molecule has 4 atom stereocenters. The Labute approximate surface area is 87.2 Å². The highest BCUT2D eigenvalue weighted by Crippen LogP contribution is 2.50. The topological polar surface area (TPSA) is 9.23 Å². The summed E-state index contributed by atoms with van der Waals surface area (Å²) in [7, 11) is 0. The summed E-state index contributed by atoms with van der Waals surface area (Å²) in [4.78, 5) is 0. The molecule has 1 spiro atoms. The molecule has 80 valence electrons. The monoisotopic (exact) mass is 194 g/mol. The van der Waals surface area contributed by atoms with E-state index in [1.807, 2.05) is 0 Å². The van der Waals surface area contributed by atoms with Crippen LogP contribution in [0.3, 0.4) is 0 Å². The Morgan fingerprint density at radius 3 is 2.93 bits per heavy atom. The first-order valence-electron chi connectivity index (χ1n) is 6.41. The molecule has 0 aromatic carbocycles. The smallest absolute Gasteiger partial charge is 0.0685 e. The maximum absolute atomic E-state index is 6.26. The molecule has 0 unspecified atom stereocenters. The quantitative estimate of drug-likeness (QED) is 0.574. The highest BCUT2D eigenvalue weighted by molar-refractivity contribution is 4.96. The Morgan fingerprint density at radius 1 is 1.14 bits per heavy atom. The molecule has 0 aromatic rings. The van der Waals surface area contributed by atoms with Crippen LogP contribution in [0.25, 0.3) is 0 Å². The van der Waals surface area contributed by atoms with Crippen molar-refractivity contribution < 1.29 is 4.74 Å². The van der Waals surface area contributed by atoms with Gasteiger partial charge in [-0.3, -0.25) is 0 Å². The SMILES string of the molecule is C[C@@H]1CCC[C@]2(CC[C@H]3C[C@H]3CO2)C1. The van der Waals surface area contributed by atoms with E-state index in [1.165, 1.54) is 44.9 Å². The normalized spacial score (nSPS) is 52.5. The molecule has 14 heavy (non-hydrogen) atoms. The van der Waals surface area contributed by atoms with E-state index in [4.69, 9.17) is 4.74 Å². The summed E-state index contributed by atoms with van der Waals surface area (Å²) in [6.45, 7) is 3.48. The van der Waals surface area contributed by atoms with Gasteiger partial charge in [0.2, 0.25) is 0 Å². The van der Waals surface area contributed by atoms with Crippen LogP contribution in [0.1, 0.15) is 51.9 Å². The molecule has 1 heteroatoms. The van der Waals surface area contributed by atoms with E-state index in [1.54, 1.807) is 0 Å². The Balaban J connectivity index is 1.68. The van der Waals surface area contributed by atoms with Crippen LogP contribution in [-0.2, 0) is 4.74 Å². The van der Waals surface area contributed by atoms with Gasteiger partial charge in [-0.2, -0.15) is 0 Å². The van der Waals surface area contributed by atoms with Gasteiger partial charge in [0, 0.05) is 0 Å². The van der Waals surface area contributed by atoms with Gasteiger partial charge in [0.15, 0.2) is 0 Å². The van der Waals surface area contributed by atoms with Crippen LogP contribution in [-0.4, -0.2) is 12.2 Å². The van der Waals surface area contributed by atoms with Gasteiger partial charge >= 0.3 is 0 Å². The molecule has 1 aliphatic heterocycles. The van der Waals surface area contributed by atoms with Crippen molar-refractivity contribution in [1.29, 1.82) is 0 Å². The molecule has 3 aliphatic rings. The van der Waals surface area contributed by atoms with Crippen molar-refractivity contribution in [2.45, 2.75) is 57.5 Å². The highest BCUT2D eigenvalue weighted by Gasteiger charge is 2.46. The minimum absolute atomic E-state index is 0.324. The standard InChI is InChI=1S/C13H22O/c1-10-3-2-5-13(8-10)6-4-11-7-12(11)9-14-13/h10-12H,2-9H2,1H3/t10-,11+,12+,13+/m1/s1. The van der Waals surface area contributed by atoms with E-state index in [2.05, 4.69) is 6.92 Å². The predicted molar refractivity (Wildman–Crippen MR) is 57.1 cm³/mol. The van der Waals surface area contributed by atoms with Gasteiger partial charge in [-0.15, -0.1) is 0 Å². The summed E-state index contributed by atoms with van der Waals surface area (Å²) < 4.78 is 6.26. The van der Waals surface area contributed by atoms with E-state index in [9.17, 15) is 0 Å². The van der Waals surface area contributed by atoms with E-state index < -0.39 is 0 Å². The molecule has 0 bridgehead atoms. The molecular formula is C13H22O. The molecule has 0 amide bonds. The second-order valence-corrected chi connectivity index (χ2v) is 5.99. The van der Waals surface area contributed by atoms with Gasteiger partial charge in [-0.05, 0) is 49.9 Å². The lowest BCUT2D eigenvalue weighted by atomic mass is 9.76. The maximum Gasteiger partial charge on any atom is 0.0685 e. The molecule has 0 radical (unpaired) electrons. The lowest BCUT2D eigenvalue weighted by molar-refractivity contribution is -0.0843. The van der Waals surface area contributed by atoms with Crippen LogP contribution in [0.2, 0.25) is 0 Å². The molecule has 2 aliphatic carbocycles. The molecule has 1 nitrogen and oxygen atoms in total. The Kier molecular flexibility index (Phi) is 2.12. The Hall–Kier alpha value is -0.0400. The third kappa shape index (κ3) is 1.60. The lowest BCUT2D eigenvalue weighted by Crippen LogP contribution is -2.37. The summed E-state index contributed by atoms with van der Waals surface area (Å²) in [5.41, 5.74) is 0.324. The third-order valence-corrected chi connectivity index (χ3v) is 4.69. The second kappa shape index (κ2) is 3.23. The average molecular weight is 194 g/mol. The lowest BCUT2D eigenvalue weighted by Gasteiger charge is -2.39. The van der Waals surface area contributed by atoms with Crippen molar-refractivity contribution in [3.63, 3.8) is 0 Å². The zero-order valence-corrected chi connectivity index (χ0v) is 9.30. The van der Waals surface area contributed by atoms with Crippen molar-refractivity contribution in [3.05, 3.63) is 0 Å². The molecule has 3 fully saturated rings. The van der Waals surface area contributed by atoms with Crippen molar-refractivity contribution in [3.8, 4) is 0 Å². The Morgan fingerprint density at radius 2 is 2.07 bits per heavy atom. The summed E-state index contributed by atoms with van der Waals surface area (Å²) in [6.07, 6.45) is 9.79. The van der Waals surface area contributed by atoms with Gasteiger partial charge in [0.1, 0.15) is 0 Å². The van der Waals surface area contributed by atoms with Crippen LogP contribution in [0.5, 0.6) is 0 Å². The first-order valence-corrected chi connectivity index (χ1v) is 6.41. The molecule has 3 rings (SSSR count). The number of rotatable bonds is 0. The molecule has 1 saturated heterocycles. The highest BCUT2D eigenvalue weighted by atomic mass is 16.5. The minimum Gasteiger partial charge on any atom is -0.375 e. The first-order chi connectivity index (χ1) is 6.77. The number of fused-ring (bicyclic) bond motifs is 1. The average Bonchev–Trinajstić information content (AvgIpc) is 2.90. The van der Waals surface area contributed by atoms with Crippen LogP contribution in [0.15, 0.2) is 0 Å². The maximum atomic E-state index is 6.26. The van der Waals surface area contributed by atoms with Crippen molar-refractivity contribution in [2.24, 2.45) is 17.8 Å². The van der Waals surface area contributed by atoms with Gasteiger partial charge in [0.25, 0.3) is 0 Å². The van der Waals surface area contributed by atoms with E-state index in [0.717, 1.165) is 24.4 Å². The van der Waals surface area contributed by atoms with Gasteiger partial charge in [-0.1, -0.05) is 19.8 Å². The van der Waals surface area contributed by atoms with Crippen molar-refractivity contribution in [2.75, 3.05) is 6.61 Å². The summed E-state index contributed by atoms with van der Waals surface area (Å²) in [5, 5.41) is 0. The van der Waals surface area contributed by atoms with Crippen LogP contribution in [0, 0.1) is 17.8 Å². The fourth-order valence-electron chi connectivity index (χ4n) is 3.64. The van der Waals surface area contributed by atoms with E-state index >= 15 is 0 Å². The molecule has 0 N–H and O–H groups in total. The minimum atomic E-state index is 0.324. The van der Waals surface area contributed by atoms with E-state index in [-0.39, 0.29) is 0 Å². The summed E-state index contributed by atoms with van der Waals surface area (Å²) in [5.74, 6) is 2.90. The van der Waals surface area contributed by atoms with Gasteiger partial charge in [-0.25, -0.2) is 0 Å². The number of ether oxygens (including phenoxy) is 1. The largest absolute Gasteiger partial charge is 0.375 e. The summed E-state index contributed by atoms with van der Waals surface area (Å²) in [6, 6.07) is 0. The van der Waals surface area contributed by atoms with E-state index in [0.29, 0.717) is 5.60 Å². The Bertz CT molecular complexity index is 211. The molecule has 2 saturated carbocycles. The summed E-state index contributed by atoms with van der Waals surface area (Å²) >= 11 is 0. The van der Waals surface area contributed by atoms with Crippen LogP contribution in [0.4, 0.5) is 0 Å². The van der Waals surface area contributed by atoms with Gasteiger partial charge in [0.05, 0.1) is 12.2 Å². The first kappa shape index (κ1) is 9.21. The zero-order valence-electron chi connectivity index (χ0n) is 9.30. The fourth-order valence-corrected chi connectivity index (χ4v) is 3.64. The molecule has 0 aromatic heterocycles. The van der Waals surface area contributed by atoms with Crippen LogP contribution >= 0.6 is 0 Å². The molecule has 1 heterocycles. The molecular weight excluding hydrogens is 172 g/mol. The zero-order chi connectivity index (χ0) is 9.60. The predicted octanol–water partition coefficient (Wildman–Crippen LogP) is 3.38. The van der Waals surface area contributed by atoms with Gasteiger partial charge < -0.3 is 4.74 Å². The van der Waals surface area contributed by atoms with Crippen LogP contribution < -0.4 is 0 Å². The fraction of sp³-hybridized carbons (Fsp3) is 1.00. The number of hydrogen-bond donors (Lipinski definition) is 0. The third-order valence-electron chi connectivity index (χ3n) is 4.69. The van der Waals surface area contributed by atoms with Crippen molar-refractivity contribution in [1.82, 2.24) is 0 Å². The second-order valence-electron chi connectivity index (χ2n) is 5.99.